The highest BCUT2D eigenvalue weighted by atomic mass is 19.4. The first-order chi connectivity index (χ1) is 9.15. The van der Waals surface area contributed by atoms with Crippen molar-refractivity contribution in [1.82, 2.24) is 4.98 Å². The molecule has 0 radical (unpaired) electrons. The molecule has 1 heterocycles. The Morgan fingerprint density at radius 3 is 2.55 bits per heavy atom. The third-order valence-electron chi connectivity index (χ3n) is 2.37. The second-order valence-electron chi connectivity index (χ2n) is 3.75. The number of hydrogen-bond acceptors (Lipinski definition) is 5. The van der Waals surface area contributed by atoms with Crippen molar-refractivity contribution in [3.05, 3.63) is 27.9 Å². The van der Waals surface area contributed by atoms with Crippen LogP contribution in [0.5, 0.6) is 0 Å². The lowest BCUT2D eigenvalue weighted by Crippen LogP contribution is -2.34. The average molecular weight is 293 g/mol. The largest absolute Gasteiger partial charge is 0.477 e. The number of aromatic nitrogens is 1. The van der Waals surface area contributed by atoms with Gasteiger partial charge in [0.05, 0.1) is 4.92 Å². The summed E-state index contributed by atoms with van der Waals surface area (Å²) in [6, 6.07) is 0.760. The van der Waals surface area contributed by atoms with Crippen LogP contribution in [0.3, 0.4) is 0 Å². The second kappa shape index (κ2) is 5.72. The van der Waals surface area contributed by atoms with E-state index in [1.807, 2.05) is 0 Å². The van der Waals surface area contributed by atoms with Crippen molar-refractivity contribution in [1.29, 1.82) is 0 Å². The van der Waals surface area contributed by atoms with Crippen LogP contribution < -0.4 is 4.90 Å². The SMILES string of the molecule is CCN(CC(F)(F)F)c1cc(C(=O)O)c([N+](=O)[O-])cn1. The quantitative estimate of drug-likeness (QED) is 0.659. The summed E-state index contributed by atoms with van der Waals surface area (Å²) in [6.45, 7) is 0.0199. The highest BCUT2D eigenvalue weighted by Gasteiger charge is 2.32. The topological polar surface area (TPSA) is 96.6 Å². The van der Waals surface area contributed by atoms with E-state index in [1.54, 1.807) is 0 Å². The number of carboxylic acid groups (broad SMARTS) is 1. The monoisotopic (exact) mass is 293 g/mol. The van der Waals surface area contributed by atoms with E-state index < -0.39 is 34.9 Å². The van der Waals surface area contributed by atoms with Gasteiger partial charge in [-0.25, -0.2) is 9.78 Å². The van der Waals surface area contributed by atoms with Crippen LogP contribution in [0.2, 0.25) is 0 Å². The Balaban J connectivity index is 3.22. The zero-order chi connectivity index (χ0) is 15.5. The van der Waals surface area contributed by atoms with Crippen molar-refractivity contribution in [3.8, 4) is 0 Å². The maximum Gasteiger partial charge on any atom is 0.405 e. The van der Waals surface area contributed by atoms with E-state index in [1.165, 1.54) is 6.92 Å². The fourth-order valence-corrected chi connectivity index (χ4v) is 1.50. The van der Waals surface area contributed by atoms with E-state index >= 15 is 0 Å². The molecule has 0 atom stereocenters. The Morgan fingerprint density at radius 1 is 1.55 bits per heavy atom. The molecule has 0 aliphatic rings. The first kappa shape index (κ1) is 15.7. The molecule has 0 saturated heterocycles. The first-order valence-electron chi connectivity index (χ1n) is 5.35. The molecule has 0 spiro atoms. The third kappa shape index (κ3) is 3.80. The lowest BCUT2D eigenvalue weighted by atomic mass is 10.2. The van der Waals surface area contributed by atoms with Crippen molar-refractivity contribution >= 4 is 17.5 Å². The predicted molar refractivity (Wildman–Crippen MR) is 61.8 cm³/mol. The number of aromatic carboxylic acids is 1. The van der Waals surface area contributed by atoms with Gasteiger partial charge in [-0.1, -0.05) is 0 Å². The molecule has 0 fully saturated rings. The van der Waals surface area contributed by atoms with Crippen molar-refractivity contribution in [2.45, 2.75) is 13.1 Å². The standard InChI is InChI=1S/C10H10F3N3O4/c1-2-15(5-10(11,12)13)8-3-6(9(17)18)7(4-14-8)16(19)20/h3-4H,2,5H2,1H3,(H,17,18). The number of carboxylic acids is 1. The van der Waals surface area contributed by atoms with E-state index in [0.29, 0.717) is 6.20 Å². The minimum absolute atomic E-state index is 0.0800. The molecule has 10 heteroatoms. The van der Waals surface area contributed by atoms with Gasteiger partial charge in [0.15, 0.2) is 0 Å². The van der Waals surface area contributed by atoms with Gasteiger partial charge in [-0.05, 0) is 6.92 Å². The van der Waals surface area contributed by atoms with Crippen LogP contribution in [-0.2, 0) is 0 Å². The fraction of sp³-hybridized carbons (Fsp3) is 0.400. The van der Waals surface area contributed by atoms with Gasteiger partial charge in [-0.2, -0.15) is 13.2 Å². The average Bonchev–Trinajstić information content (AvgIpc) is 2.33. The molecule has 0 saturated carbocycles. The summed E-state index contributed by atoms with van der Waals surface area (Å²) in [6.07, 6.45) is -3.86. The van der Waals surface area contributed by atoms with Crippen molar-refractivity contribution in [3.63, 3.8) is 0 Å². The summed E-state index contributed by atoms with van der Waals surface area (Å²) in [5.41, 5.74) is -1.48. The second-order valence-corrected chi connectivity index (χ2v) is 3.75. The molecule has 0 aliphatic carbocycles. The Bertz CT molecular complexity index is 533. The number of alkyl halides is 3. The Morgan fingerprint density at radius 2 is 2.15 bits per heavy atom. The molecule has 1 rings (SSSR count). The molecule has 7 nitrogen and oxygen atoms in total. The molecule has 0 aliphatic heterocycles. The van der Waals surface area contributed by atoms with Gasteiger partial charge in [0.2, 0.25) is 0 Å². The summed E-state index contributed by atoms with van der Waals surface area (Å²) in [4.78, 5) is 24.9. The maximum atomic E-state index is 12.4. The molecule has 0 aromatic carbocycles. The fourth-order valence-electron chi connectivity index (χ4n) is 1.50. The van der Waals surface area contributed by atoms with Gasteiger partial charge in [0.25, 0.3) is 0 Å². The summed E-state index contributed by atoms with van der Waals surface area (Å²) in [5.74, 6) is -1.89. The van der Waals surface area contributed by atoms with Crippen LogP contribution in [0.15, 0.2) is 12.3 Å². The van der Waals surface area contributed by atoms with Crippen LogP contribution in [0.25, 0.3) is 0 Å². The summed E-state index contributed by atoms with van der Waals surface area (Å²) in [5, 5.41) is 19.5. The molecule has 0 amide bonds. The number of nitrogens with zero attached hydrogens (tertiary/aromatic N) is 3. The van der Waals surface area contributed by atoms with Crippen molar-refractivity contribution < 1.29 is 28.0 Å². The van der Waals surface area contributed by atoms with Crippen LogP contribution in [0.4, 0.5) is 24.7 Å². The Kier molecular flexibility index (Phi) is 4.48. The van der Waals surface area contributed by atoms with Crippen molar-refractivity contribution in [2.75, 3.05) is 18.0 Å². The molecule has 1 aromatic heterocycles. The molecule has 1 aromatic rings. The lowest BCUT2D eigenvalue weighted by Gasteiger charge is -2.23. The molecule has 110 valence electrons. The van der Waals surface area contributed by atoms with Gasteiger partial charge in [-0.3, -0.25) is 10.1 Å². The minimum atomic E-state index is -4.50. The number of pyridine rings is 1. The highest BCUT2D eigenvalue weighted by molar-refractivity contribution is 5.93. The molecular weight excluding hydrogens is 283 g/mol. The predicted octanol–water partition coefficient (Wildman–Crippen LogP) is 2.08. The molecule has 0 bridgehead atoms. The van der Waals surface area contributed by atoms with E-state index in [0.717, 1.165) is 11.0 Å². The van der Waals surface area contributed by atoms with Crippen molar-refractivity contribution in [2.24, 2.45) is 0 Å². The number of halogens is 3. The van der Waals surface area contributed by atoms with E-state index in [2.05, 4.69) is 4.98 Å². The van der Waals surface area contributed by atoms with Gasteiger partial charge >= 0.3 is 17.8 Å². The minimum Gasteiger partial charge on any atom is -0.477 e. The molecular formula is C10H10F3N3O4. The highest BCUT2D eigenvalue weighted by Crippen LogP contribution is 2.25. The molecule has 1 N–H and O–H groups in total. The normalized spacial score (nSPS) is 11.2. The Labute approximate surface area is 110 Å². The van der Waals surface area contributed by atoms with E-state index in [4.69, 9.17) is 5.11 Å². The van der Waals surface area contributed by atoms with Gasteiger partial charge < -0.3 is 10.0 Å². The first-order valence-corrected chi connectivity index (χ1v) is 5.35. The van der Waals surface area contributed by atoms with Gasteiger partial charge in [-0.15, -0.1) is 0 Å². The number of carbonyl (C=O) groups is 1. The number of hydrogen-bond donors (Lipinski definition) is 1. The maximum absolute atomic E-state index is 12.4. The zero-order valence-corrected chi connectivity index (χ0v) is 10.2. The Hall–Kier alpha value is -2.39. The smallest absolute Gasteiger partial charge is 0.405 e. The zero-order valence-electron chi connectivity index (χ0n) is 10.2. The number of nitro groups is 1. The van der Waals surface area contributed by atoms with E-state index in [9.17, 15) is 28.1 Å². The lowest BCUT2D eigenvalue weighted by molar-refractivity contribution is -0.385. The summed E-state index contributed by atoms with van der Waals surface area (Å²) >= 11 is 0. The van der Waals surface area contributed by atoms with Gasteiger partial charge in [0.1, 0.15) is 24.1 Å². The number of anilines is 1. The van der Waals surface area contributed by atoms with Gasteiger partial charge in [0, 0.05) is 12.6 Å². The van der Waals surface area contributed by atoms with Crippen LogP contribution in [-0.4, -0.2) is 40.2 Å². The van der Waals surface area contributed by atoms with Crippen LogP contribution in [0, 0.1) is 10.1 Å². The van der Waals surface area contributed by atoms with Crippen LogP contribution in [0.1, 0.15) is 17.3 Å². The molecule has 0 unspecified atom stereocenters. The summed E-state index contributed by atoms with van der Waals surface area (Å²) in [7, 11) is 0. The van der Waals surface area contributed by atoms with Crippen LogP contribution >= 0.6 is 0 Å². The summed E-state index contributed by atoms with van der Waals surface area (Å²) < 4.78 is 37.1. The third-order valence-corrected chi connectivity index (χ3v) is 2.37. The van der Waals surface area contributed by atoms with E-state index in [-0.39, 0.29) is 12.4 Å². The number of rotatable bonds is 5. The molecule has 20 heavy (non-hydrogen) atoms.